The highest BCUT2D eigenvalue weighted by Gasteiger charge is 2.19. The average molecular weight is 436 g/mol. The number of hydrogen-bond acceptors (Lipinski definition) is 3. The molecule has 1 aliphatic rings. The molecule has 2 aromatic carbocycles. The van der Waals surface area contributed by atoms with E-state index in [1.54, 1.807) is 7.05 Å². The molecule has 7 nitrogen and oxygen atoms in total. The first kappa shape index (κ1) is 23.3. The van der Waals surface area contributed by atoms with Gasteiger partial charge < -0.3 is 20.9 Å². The molecule has 1 fully saturated rings. The van der Waals surface area contributed by atoms with Crippen molar-refractivity contribution in [2.75, 3.05) is 26.7 Å². The summed E-state index contributed by atoms with van der Waals surface area (Å²) in [6, 6.07) is 15.9. The third kappa shape index (κ3) is 6.83. The number of benzene rings is 2. The third-order valence-corrected chi connectivity index (χ3v) is 5.42. The van der Waals surface area contributed by atoms with E-state index in [0.29, 0.717) is 31.6 Å². The van der Waals surface area contributed by atoms with Crippen LogP contribution < -0.4 is 16.0 Å². The van der Waals surface area contributed by atoms with E-state index in [-0.39, 0.29) is 11.8 Å². The fourth-order valence-electron chi connectivity index (χ4n) is 3.77. The first-order chi connectivity index (χ1) is 15.6. The van der Waals surface area contributed by atoms with Crippen LogP contribution in [0.5, 0.6) is 0 Å². The second-order valence-electron chi connectivity index (χ2n) is 7.89. The van der Waals surface area contributed by atoms with Crippen LogP contribution in [-0.2, 0) is 24.3 Å². The van der Waals surface area contributed by atoms with Gasteiger partial charge in [-0.15, -0.1) is 0 Å². The Morgan fingerprint density at radius 2 is 1.84 bits per heavy atom. The van der Waals surface area contributed by atoms with Crippen LogP contribution in [0.25, 0.3) is 0 Å². The van der Waals surface area contributed by atoms with Crippen LogP contribution in [0.3, 0.4) is 0 Å². The number of rotatable bonds is 9. The van der Waals surface area contributed by atoms with Crippen molar-refractivity contribution in [1.29, 1.82) is 0 Å². The largest absolute Gasteiger partial charge is 0.357 e. The van der Waals surface area contributed by atoms with Crippen molar-refractivity contribution in [3.63, 3.8) is 0 Å². The number of hydrogen-bond donors (Lipinski definition) is 3. The summed E-state index contributed by atoms with van der Waals surface area (Å²) < 4.78 is 0. The predicted molar refractivity (Wildman–Crippen MR) is 127 cm³/mol. The first-order valence-corrected chi connectivity index (χ1v) is 11.3. The summed E-state index contributed by atoms with van der Waals surface area (Å²) in [5, 5.41) is 9.30. The monoisotopic (exact) mass is 435 g/mol. The molecule has 0 radical (unpaired) electrons. The van der Waals surface area contributed by atoms with E-state index in [9.17, 15) is 9.59 Å². The Kier molecular flexibility index (Phi) is 8.66. The van der Waals surface area contributed by atoms with E-state index < -0.39 is 0 Å². The summed E-state index contributed by atoms with van der Waals surface area (Å²) in [6.07, 6.45) is 2.41. The zero-order valence-electron chi connectivity index (χ0n) is 19.0. The maximum absolute atomic E-state index is 11.9. The minimum Gasteiger partial charge on any atom is -0.357 e. The number of amides is 2. The summed E-state index contributed by atoms with van der Waals surface area (Å²) in [6.45, 7) is 5.60. The van der Waals surface area contributed by atoms with Crippen LogP contribution in [-0.4, -0.2) is 49.4 Å². The van der Waals surface area contributed by atoms with Crippen molar-refractivity contribution >= 4 is 17.8 Å². The van der Waals surface area contributed by atoms with E-state index in [2.05, 4.69) is 34.1 Å². The van der Waals surface area contributed by atoms with Crippen LogP contribution in [0, 0.1) is 0 Å². The normalized spacial score (nSPS) is 13.9. The van der Waals surface area contributed by atoms with Crippen LogP contribution in [0.2, 0.25) is 0 Å². The number of carbonyl (C=O) groups excluding carboxylic acids is 2. The standard InChI is InChI=1S/C25H33N5O2/c1-3-27-25(28-13-12-19-7-5-10-22(16-19)24(32)26-2)29-17-20-8-4-9-21(15-20)18-30-14-6-11-23(30)31/h4-5,7-10,15-16H,3,6,11-14,17-18H2,1-2H3,(H,26,32)(H2,27,28,29). The molecule has 0 saturated carbocycles. The van der Waals surface area contributed by atoms with Gasteiger partial charge in [0.2, 0.25) is 5.91 Å². The molecule has 0 bridgehead atoms. The molecule has 3 rings (SSSR count). The number of nitrogens with one attached hydrogen (secondary N) is 3. The molecule has 0 aliphatic carbocycles. The van der Waals surface area contributed by atoms with Gasteiger partial charge in [-0.3, -0.25) is 9.59 Å². The van der Waals surface area contributed by atoms with Gasteiger partial charge in [0.15, 0.2) is 5.96 Å². The molecule has 1 heterocycles. The fourth-order valence-corrected chi connectivity index (χ4v) is 3.77. The van der Waals surface area contributed by atoms with Crippen molar-refractivity contribution in [3.8, 4) is 0 Å². The topological polar surface area (TPSA) is 85.8 Å². The number of likely N-dealkylation sites (tertiary alicyclic amines) is 1. The lowest BCUT2D eigenvalue weighted by molar-refractivity contribution is -0.128. The third-order valence-electron chi connectivity index (χ3n) is 5.42. The van der Waals surface area contributed by atoms with Crippen LogP contribution in [0.4, 0.5) is 0 Å². The first-order valence-electron chi connectivity index (χ1n) is 11.3. The van der Waals surface area contributed by atoms with Gasteiger partial charge in [-0.1, -0.05) is 36.4 Å². The molecule has 0 atom stereocenters. The van der Waals surface area contributed by atoms with Crippen molar-refractivity contribution in [3.05, 3.63) is 70.8 Å². The lowest BCUT2D eigenvalue weighted by Gasteiger charge is -2.16. The Bertz CT molecular complexity index is 957. The summed E-state index contributed by atoms with van der Waals surface area (Å²) in [5.41, 5.74) is 4.02. The van der Waals surface area contributed by atoms with Crippen molar-refractivity contribution in [2.24, 2.45) is 4.99 Å². The second kappa shape index (κ2) is 11.9. The zero-order valence-corrected chi connectivity index (χ0v) is 19.0. The summed E-state index contributed by atoms with van der Waals surface area (Å²) in [4.78, 5) is 30.3. The van der Waals surface area contributed by atoms with Crippen molar-refractivity contribution < 1.29 is 9.59 Å². The van der Waals surface area contributed by atoms with Gasteiger partial charge in [0.25, 0.3) is 5.91 Å². The fraction of sp³-hybridized carbons (Fsp3) is 0.400. The summed E-state index contributed by atoms with van der Waals surface area (Å²) in [5.74, 6) is 0.925. The second-order valence-corrected chi connectivity index (χ2v) is 7.89. The molecule has 2 amide bonds. The maximum atomic E-state index is 11.9. The highest BCUT2D eigenvalue weighted by Crippen LogP contribution is 2.15. The summed E-state index contributed by atoms with van der Waals surface area (Å²) >= 11 is 0. The van der Waals surface area contributed by atoms with Gasteiger partial charge in [0, 0.05) is 45.2 Å². The van der Waals surface area contributed by atoms with E-state index in [1.807, 2.05) is 42.2 Å². The van der Waals surface area contributed by atoms with Gasteiger partial charge >= 0.3 is 0 Å². The highest BCUT2D eigenvalue weighted by molar-refractivity contribution is 5.94. The highest BCUT2D eigenvalue weighted by atomic mass is 16.2. The Morgan fingerprint density at radius 1 is 1.06 bits per heavy atom. The quantitative estimate of drug-likeness (QED) is 0.417. The zero-order chi connectivity index (χ0) is 22.8. The molecule has 2 aromatic rings. The van der Waals surface area contributed by atoms with Gasteiger partial charge in [-0.05, 0) is 48.6 Å². The van der Waals surface area contributed by atoms with E-state index >= 15 is 0 Å². The Balaban J connectivity index is 1.55. The van der Waals surface area contributed by atoms with Crippen LogP contribution >= 0.6 is 0 Å². The minimum atomic E-state index is -0.0777. The van der Waals surface area contributed by atoms with E-state index in [0.717, 1.165) is 48.6 Å². The van der Waals surface area contributed by atoms with Gasteiger partial charge in [0.05, 0.1) is 6.54 Å². The van der Waals surface area contributed by atoms with Gasteiger partial charge in [-0.25, -0.2) is 4.99 Å². The molecular weight excluding hydrogens is 402 g/mol. The lowest BCUT2D eigenvalue weighted by Crippen LogP contribution is -2.38. The summed E-state index contributed by atoms with van der Waals surface area (Å²) in [7, 11) is 1.64. The van der Waals surface area contributed by atoms with Gasteiger partial charge in [0.1, 0.15) is 0 Å². The predicted octanol–water partition coefficient (Wildman–Crippen LogP) is 2.47. The Hall–Kier alpha value is -3.35. The molecule has 1 aliphatic heterocycles. The molecule has 0 aromatic heterocycles. The lowest BCUT2D eigenvalue weighted by atomic mass is 10.1. The van der Waals surface area contributed by atoms with Gasteiger partial charge in [-0.2, -0.15) is 0 Å². The molecule has 7 heteroatoms. The minimum absolute atomic E-state index is 0.0777. The average Bonchev–Trinajstić information content (AvgIpc) is 3.21. The smallest absolute Gasteiger partial charge is 0.251 e. The molecule has 0 unspecified atom stereocenters. The number of aliphatic imine (C=N–C) groups is 1. The van der Waals surface area contributed by atoms with Crippen molar-refractivity contribution in [1.82, 2.24) is 20.9 Å². The molecule has 1 saturated heterocycles. The number of nitrogens with zero attached hydrogens (tertiary/aromatic N) is 2. The maximum Gasteiger partial charge on any atom is 0.251 e. The molecule has 0 spiro atoms. The number of carbonyl (C=O) groups is 2. The SMILES string of the molecule is CCNC(=NCc1cccc(CN2CCCC2=O)c1)NCCc1cccc(C(=O)NC)c1. The van der Waals surface area contributed by atoms with E-state index in [1.165, 1.54) is 0 Å². The van der Waals surface area contributed by atoms with Crippen LogP contribution in [0.15, 0.2) is 53.5 Å². The van der Waals surface area contributed by atoms with Crippen molar-refractivity contribution in [2.45, 2.75) is 39.3 Å². The Morgan fingerprint density at radius 3 is 2.59 bits per heavy atom. The van der Waals surface area contributed by atoms with Crippen LogP contribution in [0.1, 0.15) is 46.8 Å². The molecular formula is C25H33N5O2. The Labute approximate surface area is 190 Å². The molecule has 3 N–H and O–H groups in total. The molecule has 32 heavy (non-hydrogen) atoms. The van der Waals surface area contributed by atoms with E-state index in [4.69, 9.17) is 4.99 Å². The number of guanidine groups is 1. The molecule has 170 valence electrons.